The van der Waals surface area contributed by atoms with Crippen molar-refractivity contribution < 1.29 is 27.5 Å². The van der Waals surface area contributed by atoms with Crippen LogP contribution in [0.5, 0.6) is 5.75 Å². The zero-order valence-corrected chi connectivity index (χ0v) is 22.4. The van der Waals surface area contributed by atoms with Gasteiger partial charge in [0.1, 0.15) is 10.8 Å². The normalized spacial score (nSPS) is 11.2. The summed E-state index contributed by atoms with van der Waals surface area (Å²) in [6, 6.07) is 13.4. The van der Waals surface area contributed by atoms with E-state index in [-0.39, 0.29) is 28.6 Å². The molecule has 0 aliphatic carbocycles. The van der Waals surface area contributed by atoms with Crippen LogP contribution in [0.15, 0.2) is 71.8 Å². The lowest BCUT2D eigenvalue weighted by molar-refractivity contribution is -0.274. The van der Waals surface area contributed by atoms with Crippen LogP contribution in [0, 0.1) is 0 Å². The van der Waals surface area contributed by atoms with E-state index >= 15 is 0 Å². The van der Waals surface area contributed by atoms with Gasteiger partial charge < -0.3 is 19.9 Å². The van der Waals surface area contributed by atoms with Gasteiger partial charge in [-0.1, -0.05) is 29.5 Å². The number of nitrogens with one attached hydrogen (secondary N) is 2. The number of unbranched alkanes of at least 4 members (excludes halogenated alkanes) is 1. The topological polar surface area (TPSA) is 128 Å². The third-order valence-electron chi connectivity index (χ3n) is 5.63. The molecule has 10 nitrogen and oxygen atoms in total. The van der Waals surface area contributed by atoms with Gasteiger partial charge in [0.2, 0.25) is 10.9 Å². The van der Waals surface area contributed by atoms with Crippen molar-refractivity contribution in [2.24, 2.45) is 0 Å². The average molecular weight is 587 g/mol. The number of carbonyl (C=O) groups excluding carboxylic acids is 2. The van der Waals surface area contributed by atoms with E-state index in [4.69, 9.17) is 0 Å². The minimum absolute atomic E-state index is 0.197. The Morgan fingerprint density at radius 3 is 2.63 bits per heavy atom. The first-order valence-corrected chi connectivity index (χ1v) is 13.3. The number of amides is 2. The quantitative estimate of drug-likeness (QED) is 0.239. The highest BCUT2D eigenvalue weighted by atomic mass is 32.1. The number of hydrogen-bond acceptors (Lipinski definition) is 8. The summed E-state index contributed by atoms with van der Waals surface area (Å²) in [6.45, 7) is 0.732. The summed E-state index contributed by atoms with van der Waals surface area (Å²) in [6.07, 6.45) is 0.171. The SMILES string of the molecule is O=C(Cc1cccc(OC(F)(F)F)c1)Nc1ccn(CCCCc2nnc(C(=O)NCc3ccccn3)s2)c(=O)c1. The summed E-state index contributed by atoms with van der Waals surface area (Å²) in [7, 11) is 0. The zero-order valence-electron chi connectivity index (χ0n) is 21.6. The molecule has 0 spiro atoms. The lowest BCUT2D eigenvalue weighted by Crippen LogP contribution is -2.23. The number of hydrogen-bond donors (Lipinski definition) is 2. The van der Waals surface area contributed by atoms with Gasteiger partial charge in [-0.3, -0.25) is 19.4 Å². The lowest BCUT2D eigenvalue weighted by Gasteiger charge is -2.11. The van der Waals surface area contributed by atoms with Crippen LogP contribution in [0.1, 0.15) is 38.9 Å². The largest absolute Gasteiger partial charge is 0.573 e. The maximum Gasteiger partial charge on any atom is 0.573 e. The first-order valence-electron chi connectivity index (χ1n) is 12.5. The summed E-state index contributed by atoms with van der Waals surface area (Å²) >= 11 is 1.22. The average Bonchev–Trinajstić information content (AvgIpc) is 3.40. The van der Waals surface area contributed by atoms with Crippen molar-refractivity contribution >= 4 is 28.8 Å². The highest BCUT2D eigenvalue weighted by Crippen LogP contribution is 2.23. The molecule has 4 rings (SSSR count). The predicted molar refractivity (Wildman–Crippen MR) is 144 cm³/mol. The standard InChI is InChI=1S/C27H25F3N6O4S/c28-27(29,30)40-21-8-5-6-18(14-21)15-22(37)33-19-10-13-36(24(38)16-19)12-4-2-9-23-34-35-26(41-23)25(39)32-17-20-7-1-3-11-31-20/h1,3,5-8,10-11,13-14,16H,2,4,9,12,15,17H2,(H,32,39)(H,33,37). The fourth-order valence-electron chi connectivity index (χ4n) is 3.77. The minimum Gasteiger partial charge on any atom is -0.406 e. The Bertz CT molecular complexity index is 1540. The van der Waals surface area contributed by atoms with Gasteiger partial charge in [-0.15, -0.1) is 23.4 Å². The Morgan fingerprint density at radius 2 is 1.88 bits per heavy atom. The molecular formula is C27H25F3N6O4S. The molecule has 2 N–H and O–H groups in total. The summed E-state index contributed by atoms with van der Waals surface area (Å²) in [5, 5.41) is 14.4. The van der Waals surface area contributed by atoms with E-state index in [1.165, 1.54) is 34.1 Å². The van der Waals surface area contributed by atoms with Crippen LogP contribution in [0.2, 0.25) is 0 Å². The number of aryl methyl sites for hydroxylation is 2. The summed E-state index contributed by atoms with van der Waals surface area (Å²) in [5.41, 5.74) is 1.03. The van der Waals surface area contributed by atoms with Crippen molar-refractivity contribution in [3.8, 4) is 5.75 Å². The molecular weight excluding hydrogens is 561 g/mol. The van der Waals surface area contributed by atoms with Crippen molar-refractivity contribution in [2.45, 2.75) is 45.1 Å². The van der Waals surface area contributed by atoms with E-state index in [1.54, 1.807) is 24.5 Å². The van der Waals surface area contributed by atoms with E-state index < -0.39 is 18.0 Å². The van der Waals surface area contributed by atoms with E-state index in [2.05, 4.69) is 30.6 Å². The molecule has 0 radical (unpaired) electrons. The number of rotatable bonds is 12. The molecule has 3 heterocycles. The maximum atomic E-state index is 12.5. The molecule has 0 aliphatic heterocycles. The van der Waals surface area contributed by atoms with E-state index in [9.17, 15) is 27.6 Å². The maximum absolute atomic E-state index is 12.5. The fraction of sp³-hybridized carbons (Fsp3) is 0.259. The van der Waals surface area contributed by atoms with Crippen LogP contribution in [0.3, 0.4) is 0 Å². The molecule has 0 aliphatic rings. The molecule has 41 heavy (non-hydrogen) atoms. The van der Waals surface area contributed by atoms with Crippen molar-refractivity contribution in [1.82, 2.24) is 25.1 Å². The molecule has 14 heteroatoms. The molecule has 0 fully saturated rings. The molecule has 1 aromatic carbocycles. The minimum atomic E-state index is -4.83. The predicted octanol–water partition coefficient (Wildman–Crippen LogP) is 4.13. The first-order chi connectivity index (χ1) is 19.6. The van der Waals surface area contributed by atoms with E-state index in [0.717, 1.165) is 17.8 Å². The van der Waals surface area contributed by atoms with E-state index in [1.807, 2.05) is 12.1 Å². The number of ether oxygens (including phenoxy) is 1. The third-order valence-corrected chi connectivity index (χ3v) is 6.62. The van der Waals surface area contributed by atoms with Gasteiger partial charge >= 0.3 is 6.36 Å². The number of nitrogens with zero attached hydrogens (tertiary/aromatic N) is 4. The molecule has 0 bridgehead atoms. The molecule has 0 unspecified atom stereocenters. The fourth-order valence-corrected chi connectivity index (χ4v) is 4.57. The molecule has 4 aromatic rings. The Kier molecular flexibility index (Phi) is 9.79. The van der Waals surface area contributed by atoms with Crippen molar-refractivity contribution in [3.05, 3.63) is 98.6 Å². The van der Waals surface area contributed by atoms with Gasteiger partial charge in [0, 0.05) is 37.1 Å². The monoisotopic (exact) mass is 586 g/mol. The zero-order chi connectivity index (χ0) is 29.2. The Balaban J connectivity index is 1.20. The van der Waals surface area contributed by atoms with Gasteiger partial charge in [-0.25, -0.2) is 0 Å². The third kappa shape index (κ3) is 9.53. The molecule has 214 valence electrons. The number of pyridine rings is 2. The van der Waals surface area contributed by atoms with Crippen molar-refractivity contribution in [1.29, 1.82) is 0 Å². The number of alkyl halides is 3. The van der Waals surface area contributed by atoms with Crippen LogP contribution in [-0.2, 0) is 30.7 Å². The van der Waals surface area contributed by atoms with E-state index in [0.29, 0.717) is 42.9 Å². The summed E-state index contributed by atoms with van der Waals surface area (Å²) in [4.78, 5) is 41.3. The second kappa shape index (κ2) is 13.7. The molecule has 0 atom stereocenters. The van der Waals surface area contributed by atoms with Crippen LogP contribution in [0.4, 0.5) is 18.9 Å². The van der Waals surface area contributed by atoms with Gasteiger partial charge in [-0.2, -0.15) is 0 Å². The van der Waals surface area contributed by atoms with Gasteiger partial charge in [0.05, 0.1) is 18.7 Å². The number of halogens is 3. The molecule has 3 aromatic heterocycles. The van der Waals surface area contributed by atoms with Crippen LogP contribution in [-0.4, -0.2) is 37.9 Å². The van der Waals surface area contributed by atoms with Gasteiger partial charge in [0.25, 0.3) is 11.5 Å². The first kappa shape index (κ1) is 29.4. The number of anilines is 1. The van der Waals surface area contributed by atoms with Crippen LogP contribution < -0.4 is 20.9 Å². The highest BCUT2D eigenvalue weighted by Gasteiger charge is 2.31. The Labute approximate surface area is 236 Å². The second-order valence-electron chi connectivity index (χ2n) is 8.83. The molecule has 0 saturated carbocycles. The molecule has 0 saturated heterocycles. The van der Waals surface area contributed by atoms with Crippen LogP contribution in [0.25, 0.3) is 0 Å². The number of aromatic nitrogens is 4. The van der Waals surface area contributed by atoms with Gasteiger partial charge in [0.15, 0.2) is 0 Å². The van der Waals surface area contributed by atoms with Gasteiger partial charge in [-0.05, 0) is 48.7 Å². The van der Waals surface area contributed by atoms with Crippen molar-refractivity contribution in [3.63, 3.8) is 0 Å². The highest BCUT2D eigenvalue weighted by molar-refractivity contribution is 7.13. The van der Waals surface area contributed by atoms with Crippen molar-refractivity contribution in [2.75, 3.05) is 5.32 Å². The molecule has 2 amide bonds. The second-order valence-corrected chi connectivity index (χ2v) is 9.89. The smallest absolute Gasteiger partial charge is 0.406 e. The number of benzene rings is 1. The Hall–Kier alpha value is -4.59. The lowest BCUT2D eigenvalue weighted by atomic mass is 10.1. The summed E-state index contributed by atoms with van der Waals surface area (Å²) in [5.74, 6) is -1.23. The Morgan fingerprint density at radius 1 is 1.02 bits per heavy atom. The number of carbonyl (C=O) groups is 2. The van der Waals surface area contributed by atoms with Crippen LogP contribution >= 0.6 is 11.3 Å². The summed E-state index contributed by atoms with van der Waals surface area (Å²) < 4.78 is 42.6.